The van der Waals surface area contributed by atoms with E-state index >= 15 is 17.6 Å². The van der Waals surface area contributed by atoms with Gasteiger partial charge in [-0.25, -0.2) is 8.78 Å². The molecular weight excluding hydrogens is 1240 g/mol. The van der Waals surface area contributed by atoms with Crippen LogP contribution in [0.2, 0.25) is 0 Å². The van der Waals surface area contributed by atoms with Gasteiger partial charge in [0.05, 0.1) is 39.6 Å². The van der Waals surface area contributed by atoms with E-state index in [0.29, 0.717) is 104 Å². The second kappa shape index (κ2) is 29.0. The van der Waals surface area contributed by atoms with E-state index in [-0.39, 0.29) is 110 Å². The third-order valence-electron chi connectivity index (χ3n) is 33.2. The van der Waals surface area contributed by atoms with E-state index in [1.807, 2.05) is 20.8 Å². The molecule has 0 aromatic heterocycles. The van der Waals surface area contributed by atoms with Gasteiger partial charge in [0.1, 0.15) is 5.83 Å². The average molecular weight is 1370 g/mol. The van der Waals surface area contributed by atoms with Crippen molar-refractivity contribution in [3.63, 3.8) is 0 Å². The summed E-state index contributed by atoms with van der Waals surface area (Å²) >= 11 is 0. The van der Waals surface area contributed by atoms with E-state index in [1.165, 1.54) is 34.2 Å². The van der Waals surface area contributed by atoms with E-state index < -0.39 is 53.4 Å². The Labute approximate surface area is 581 Å². The fourth-order valence-corrected chi connectivity index (χ4v) is 28.3. The van der Waals surface area contributed by atoms with E-state index in [9.17, 15) is 39.3 Å². The van der Waals surface area contributed by atoms with Gasteiger partial charge in [0.15, 0.2) is 12.0 Å². The summed E-state index contributed by atoms with van der Waals surface area (Å²) in [6, 6.07) is 0. The summed E-state index contributed by atoms with van der Waals surface area (Å²) in [5, 5.41) is 35.1. The number of allylic oxidation sites excluding steroid dienone is 2. The lowest BCUT2D eigenvalue weighted by Crippen LogP contribution is -2.67. The first-order valence-electron chi connectivity index (χ1n) is 39.3. The van der Waals surface area contributed by atoms with Gasteiger partial charge < -0.3 is 29.5 Å². The summed E-state index contributed by atoms with van der Waals surface area (Å²) in [7, 11) is 4.34. The SMILES string of the molecule is CC[C@@H]1[C@@H]2C(F)(F)C(=O)CC[C@]2(C)C2CC[C@@]3(C)C(CCC3[C@H](C)CCC(=O)OC)C2[C@@H]1O.CC[C@@H]1[C@@H]2[C@@H](F)C(=O)CC[C@]2(C)C2CC[C@@]3(C)C(CCC3[C@H](C)CCC(=O)OC)C2[C@@H]1O.CC[C@H]1[C@@H](O)C2C3CCC([C@H](C)CCC(=O)OC)[C@@]3(C)CCC2[C@@]2(C)CCC(C)=C(F)[C@@H]12. The molecule has 3 N–H and O–H groups in total. The van der Waals surface area contributed by atoms with Gasteiger partial charge >= 0.3 is 23.8 Å². The molecule has 12 unspecified atom stereocenters. The first-order chi connectivity index (χ1) is 45.6. The van der Waals surface area contributed by atoms with Crippen molar-refractivity contribution >= 4 is 29.5 Å². The number of aliphatic hydroxyl groups excluding tert-OH is 3. The van der Waals surface area contributed by atoms with Gasteiger partial charge in [0.25, 0.3) is 0 Å². The number of methoxy groups -OCH3 is 3. The third-order valence-corrected chi connectivity index (χ3v) is 33.2. The number of ketones is 2. The average Bonchev–Trinajstić information content (AvgIpc) is 1.70. The van der Waals surface area contributed by atoms with Crippen LogP contribution in [0, 0.1) is 157 Å². The molecule has 11 nitrogen and oxygen atoms in total. The van der Waals surface area contributed by atoms with Gasteiger partial charge in [-0.3, -0.25) is 24.0 Å². The summed E-state index contributed by atoms with van der Waals surface area (Å²) in [5.74, 6) is -1.73. The molecule has 11 saturated carbocycles. The van der Waals surface area contributed by atoms with Gasteiger partial charge in [-0.15, -0.1) is 0 Å². The highest BCUT2D eigenvalue weighted by molar-refractivity contribution is 5.87. The highest BCUT2D eigenvalue weighted by atomic mass is 19.3. The Bertz CT molecular complexity index is 2880. The van der Waals surface area contributed by atoms with Gasteiger partial charge in [0, 0.05) is 49.9 Å². The Kier molecular flexibility index (Phi) is 22.9. The largest absolute Gasteiger partial charge is 0.469 e. The van der Waals surface area contributed by atoms with Crippen LogP contribution in [0.4, 0.5) is 17.6 Å². The maximum absolute atomic E-state index is 15.5. The summed E-state index contributed by atoms with van der Waals surface area (Å²) in [6.07, 6.45) is 19.1. The molecule has 97 heavy (non-hydrogen) atoms. The molecule has 15 heteroatoms. The fourth-order valence-electron chi connectivity index (χ4n) is 28.3. The van der Waals surface area contributed by atoms with Crippen LogP contribution in [-0.2, 0) is 38.2 Å². The molecule has 12 rings (SSSR count). The van der Waals surface area contributed by atoms with Crippen LogP contribution >= 0.6 is 0 Å². The Balaban J connectivity index is 0.000000158. The molecule has 0 heterocycles. The maximum Gasteiger partial charge on any atom is 0.308 e. The monoisotopic (exact) mass is 1370 g/mol. The molecule has 0 aliphatic heterocycles. The lowest BCUT2D eigenvalue weighted by Gasteiger charge is -2.65. The first kappa shape index (κ1) is 76.7. The molecule has 0 spiro atoms. The summed E-state index contributed by atoms with van der Waals surface area (Å²) in [6.45, 7) is 28.7. The number of hydrogen-bond donors (Lipinski definition) is 3. The van der Waals surface area contributed by atoms with Crippen LogP contribution in [0.3, 0.4) is 0 Å². The Hall–Kier alpha value is -2.91. The minimum atomic E-state index is -3.35. The molecule has 0 bridgehead atoms. The second-order valence-corrected chi connectivity index (χ2v) is 36.6. The molecule has 12 aliphatic rings. The molecule has 0 aromatic carbocycles. The van der Waals surface area contributed by atoms with Gasteiger partial charge in [0.2, 0.25) is 5.78 Å². The zero-order valence-electron chi connectivity index (χ0n) is 62.6. The van der Waals surface area contributed by atoms with Crippen LogP contribution in [0.5, 0.6) is 0 Å². The van der Waals surface area contributed by atoms with Crippen LogP contribution in [0.15, 0.2) is 11.4 Å². The number of hydrogen-bond acceptors (Lipinski definition) is 11. The molecule has 0 radical (unpaired) electrons. The van der Waals surface area contributed by atoms with Gasteiger partial charge in [-0.1, -0.05) is 102 Å². The van der Waals surface area contributed by atoms with E-state index in [1.54, 1.807) is 0 Å². The van der Waals surface area contributed by atoms with Crippen molar-refractivity contribution in [1.29, 1.82) is 0 Å². The van der Waals surface area contributed by atoms with E-state index in [0.717, 1.165) is 121 Å². The molecule has 0 amide bonds. The molecule has 0 saturated heterocycles. The standard InChI is InChI=1S/C28H45FO3.C27H42F2O4.C27H43FO4/c1-7-18-24-25(29)17(3)12-14-28(24,5)21-13-15-27(4)19(16(2)8-11-22(30)32-6)9-10-20(27)23(21)26(18)31;1-6-16-23(32)22-18-9-8-17(15(2)7-10-21(31)33-5)25(18,3)13-11-19(22)26(4)14-12-20(30)27(28,29)24(16)26;1-6-16-23-24(28)20(29)12-14-27(23,4)19-11-13-26(3)17(15(2)7-10-21(30)32-5)8-9-18(26)22(19)25(16)31/h16,18-21,23-24,26,31H,7-15H2,1-6H3;15-19,22-24,32H,6-14H2,1-5H3;15-19,22-25,31H,6-14H2,1-5H3/t16-,18-,19?,20?,21?,23?,24-,26-,27-,28-;15-,16+,17?,18?,19?,22?,23-,24+,25-,26-;15-,16-,17?,18?,19?,22?,23-,24+,25-,26-,27-/m111/s1. The Morgan fingerprint density at radius 3 is 1.24 bits per heavy atom. The van der Waals surface area contributed by atoms with Gasteiger partial charge in [-0.2, -0.15) is 8.78 Å². The number of aliphatic hydroxyl groups is 3. The maximum atomic E-state index is 15.5. The van der Waals surface area contributed by atoms with Crippen LogP contribution < -0.4 is 0 Å². The summed E-state index contributed by atoms with van der Waals surface area (Å²) < 4.78 is 76.1. The number of carbonyl (C=O) groups is 5. The lowest BCUT2D eigenvalue weighted by molar-refractivity contribution is -0.248. The molecule has 0 aromatic rings. The number of ether oxygens (including phenoxy) is 3. The van der Waals surface area contributed by atoms with Crippen molar-refractivity contribution < 1.29 is 71.1 Å². The molecule has 12 aliphatic carbocycles. The molecule has 11 fully saturated rings. The molecule has 552 valence electrons. The highest BCUT2D eigenvalue weighted by Crippen LogP contribution is 2.74. The number of fused-ring (bicyclic) bond motifs is 15. The summed E-state index contributed by atoms with van der Waals surface area (Å²) in [4.78, 5) is 59.7. The van der Waals surface area contributed by atoms with Crippen molar-refractivity contribution in [3.8, 4) is 0 Å². The van der Waals surface area contributed by atoms with Crippen molar-refractivity contribution in [3.05, 3.63) is 11.4 Å². The number of halogens is 4. The van der Waals surface area contributed by atoms with Crippen molar-refractivity contribution in [2.75, 3.05) is 21.3 Å². The lowest BCUT2D eigenvalue weighted by atomic mass is 9.41. The number of Topliss-reactive ketones (excluding diaryl/α,β-unsaturated/α-hetero) is 2. The van der Waals surface area contributed by atoms with Crippen LogP contribution in [0.25, 0.3) is 0 Å². The topological polar surface area (TPSA) is 174 Å². The summed E-state index contributed by atoms with van der Waals surface area (Å²) in [5.41, 5.74) is 0.469. The molecule has 31 atom stereocenters. The van der Waals surface area contributed by atoms with Crippen molar-refractivity contribution in [2.45, 2.75) is 294 Å². The first-order valence-corrected chi connectivity index (χ1v) is 39.3. The predicted molar refractivity (Wildman–Crippen MR) is 368 cm³/mol. The normalized spacial score (nSPS) is 47.7. The number of esters is 3. The van der Waals surface area contributed by atoms with E-state index in [4.69, 9.17) is 14.2 Å². The van der Waals surface area contributed by atoms with E-state index in [2.05, 4.69) is 69.2 Å². The fraction of sp³-hybridized carbons (Fsp3) is 0.915. The second-order valence-electron chi connectivity index (χ2n) is 36.6. The zero-order chi connectivity index (χ0) is 71.2. The molecular formula is C82H130F4O11. The number of carbonyl (C=O) groups excluding carboxylic acids is 5. The highest BCUT2D eigenvalue weighted by Gasteiger charge is 2.73. The smallest absolute Gasteiger partial charge is 0.308 e. The zero-order valence-corrected chi connectivity index (χ0v) is 62.6. The minimum absolute atomic E-state index is 0.0109. The Morgan fingerprint density at radius 2 is 0.835 bits per heavy atom. The van der Waals surface area contributed by atoms with Crippen molar-refractivity contribution in [2.24, 2.45) is 157 Å². The third kappa shape index (κ3) is 12.7. The van der Waals surface area contributed by atoms with Crippen molar-refractivity contribution in [1.82, 2.24) is 0 Å². The Morgan fingerprint density at radius 1 is 0.485 bits per heavy atom. The van der Waals surface area contributed by atoms with Crippen LogP contribution in [-0.4, -0.2) is 96.5 Å². The number of alkyl halides is 3. The van der Waals surface area contributed by atoms with Crippen LogP contribution in [0.1, 0.15) is 263 Å². The van der Waals surface area contributed by atoms with Gasteiger partial charge in [-0.05, 0) is 274 Å². The quantitative estimate of drug-likeness (QED) is 0.0809. The predicted octanol–water partition coefficient (Wildman–Crippen LogP) is 17.7. The number of rotatable bonds is 15. The minimum Gasteiger partial charge on any atom is -0.469 e.